The molecule has 0 fully saturated rings. The van der Waals surface area contributed by atoms with Gasteiger partial charge in [0.05, 0.1) is 16.1 Å². The first-order valence-electron chi connectivity index (χ1n) is 10.5. The van der Waals surface area contributed by atoms with E-state index in [1.54, 1.807) is 12.1 Å². The van der Waals surface area contributed by atoms with Crippen LogP contribution in [-0.4, -0.2) is 24.5 Å². The van der Waals surface area contributed by atoms with Crippen LogP contribution in [0.4, 0.5) is 21.5 Å². The molecule has 174 valence electrons. The number of nitrogens with one attached hydrogen (secondary N) is 2. The van der Waals surface area contributed by atoms with Gasteiger partial charge in [0.15, 0.2) is 5.82 Å². The van der Waals surface area contributed by atoms with E-state index in [-0.39, 0.29) is 17.3 Å². The van der Waals surface area contributed by atoms with Gasteiger partial charge in [-0.25, -0.2) is 14.4 Å². The Balaban J connectivity index is 1.45. The third-order valence-electron chi connectivity index (χ3n) is 4.87. The van der Waals surface area contributed by atoms with Gasteiger partial charge in [-0.15, -0.1) is 11.3 Å². The van der Waals surface area contributed by atoms with Crippen LogP contribution in [0.2, 0.25) is 0 Å². The molecular weight excluding hydrogens is 465 g/mol. The predicted octanol–water partition coefficient (Wildman–Crippen LogP) is 5.71. The van der Waals surface area contributed by atoms with Gasteiger partial charge in [-0.2, -0.15) is 0 Å². The Kier molecular flexibility index (Phi) is 7.39. The van der Waals surface area contributed by atoms with Crippen LogP contribution in [0.1, 0.15) is 19.3 Å². The number of hydrogen-bond donors (Lipinski definition) is 3. The molecule has 35 heavy (non-hydrogen) atoms. The van der Waals surface area contributed by atoms with Crippen LogP contribution in [0.5, 0.6) is 0 Å². The van der Waals surface area contributed by atoms with E-state index in [2.05, 4.69) is 20.6 Å². The lowest BCUT2D eigenvalue weighted by Crippen LogP contribution is -2.11. The van der Waals surface area contributed by atoms with Gasteiger partial charge in [-0.3, -0.25) is 9.59 Å². The number of carbonyl (C=O) groups is 2. The molecule has 1 heterocycles. The number of thiophene rings is 1. The number of nitrogens with zero attached hydrogens (tertiary/aromatic N) is 2. The predicted molar refractivity (Wildman–Crippen MR) is 139 cm³/mol. The van der Waals surface area contributed by atoms with E-state index in [4.69, 9.17) is 5.73 Å². The molecule has 7 nitrogen and oxygen atoms in total. The Labute approximate surface area is 204 Å². The number of aliphatic imine (C=N–C) groups is 2. The number of rotatable bonds is 7. The van der Waals surface area contributed by atoms with Gasteiger partial charge in [-0.1, -0.05) is 48.5 Å². The number of anilines is 2. The summed E-state index contributed by atoms with van der Waals surface area (Å²) in [5, 5.41) is 5.55. The lowest BCUT2D eigenvalue weighted by atomic mass is 10.0. The zero-order valence-corrected chi connectivity index (χ0v) is 19.1. The van der Waals surface area contributed by atoms with Gasteiger partial charge in [0.1, 0.15) is 12.0 Å². The van der Waals surface area contributed by atoms with Gasteiger partial charge < -0.3 is 16.4 Å². The van der Waals surface area contributed by atoms with E-state index in [1.165, 1.54) is 12.1 Å². The average Bonchev–Trinajstić information content (AvgIpc) is 3.37. The molecule has 3 aromatic carbocycles. The van der Waals surface area contributed by atoms with Crippen LogP contribution in [-0.2, 0) is 0 Å². The smallest absolute Gasteiger partial charge is 0.265 e. The second-order valence-corrected chi connectivity index (χ2v) is 8.28. The Morgan fingerprint density at radius 2 is 1.54 bits per heavy atom. The molecule has 1 aromatic heterocycles. The molecule has 4 aromatic rings. The SMILES string of the molecule is NC=NC=Nc1ccc(NC(=O)c2ccc(C(=O)Nc3ccccc3-c3ccccc3)s2)cc1F. The van der Waals surface area contributed by atoms with Crippen molar-refractivity contribution < 1.29 is 14.0 Å². The second-order valence-electron chi connectivity index (χ2n) is 7.19. The monoisotopic (exact) mass is 485 g/mol. The van der Waals surface area contributed by atoms with Gasteiger partial charge in [0.2, 0.25) is 0 Å². The van der Waals surface area contributed by atoms with Crippen LogP contribution in [0.15, 0.2) is 94.9 Å². The molecule has 0 aliphatic rings. The van der Waals surface area contributed by atoms with Crippen molar-refractivity contribution in [3.05, 3.63) is 101 Å². The number of hydrogen-bond acceptors (Lipinski definition) is 4. The highest BCUT2D eigenvalue weighted by Gasteiger charge is 2.16. The highest BCUT2D eigenvalue weighted by Crippen LogP contribution is 2.29. The van der Waals surface area contributed by atoms with Crippen LogP contribution in [0, 0.1) is 5.82 Å². The maximum atomic E-state index is 14.2. The first kappa shape index (κ1) is 23.5. The summed E-state index contributed by atoms with van der Waals surface area (Å²) in [5.41, 5.74) is 7.95. The van der Waals surface area contributed by atoms with E-state index < -0.39 is 11.7 Å². The van der Waals surface area contributed by atoms with E-state index in [0.29, 0.717) is 15.4 Å². The Morgan fingerprint density at radius 3 is 2.26 bits per heavy atom. The number of amides is 2. The summed E-state index contributed by atoms with van der Waals surface area (Å²) in [6.45, 7) is 0. The Hall–Kier alpha value is -4.63. The van der Waals surface area contributed by atoms with Gasteiger partial charge >= 0.3 is 0 Å². The fraction of sp³-hybridized carbons (Fsp3) is 0. The summed E-state index contributed by atoms with van der Waals surface area (Å²) in [6, 6.07) is 24.4. The summed E-state index contributed by atoms with van der Waals surface area (Å²) in [7, 11) is 0. The maximum absolute atomic E-state index is 14.2. The standard InChI is InChI=1S/C26H20FN5O2S/c27-20-14-18(10-11-22(20)30-16-29-15-28)31-25(33)23-12-13-24(35-23)26(34)32-21-9-5-4-8-19(21)17-6-2-1-3-7-17/h1-16H,(H,31,33)(H,32,34)(H2,28,29,30). The first-order valence-corrected chi connectivity index (χ1v) is 11.3. The minimum atomic E-state index is -0.630. The highest BCUT2D eigenvalue weighted by molar-refractivity contribution is 7.16. The quantitative estimate of drug-likeness (QED) is 0.231. The number of para-hydroxylation sites is 1. The van der Waals surface area contributed by atoms with Crippen molar-refractivity contribution in [2.24, 2.45) is 15.7 Å². The average molecular weight is 486 g/mol. The van der Waals surface area contributed by atoms with Crippen LogP contribution >= 0.6 is 11.3 Å². The minimum Gasteiger partial charge on any atom is -0.390 e. The van der Waals surface area contributed by atoms with Crippen LogP contribution in [0.25, 0.3) is 11.1 Å². The summed E-state index contributed by atoms with van der Waals surface area (Å²) in [6.07, 6.45) is 2.15. The highest BCUT2D eigenvalue weighted by atomic mass is 32.1. The molecule has 4 rings (SSSR count). The van der Waals surface area contributed by atoms with Crippen molar-refractivity contribution in [3.63, 3.8) is 0 Å². The molecule has 0 spiro atoms. The van der Waals surface area contributed by atoms with Crippen molar-refractivity contribution >= 4 is 52.9 Å². The number of benzene rings is 3. The molecule has 0 atom stereocenters. The Morgan fingerprint density at radius 1 is 0.857 bits per heavy atom. The molecule has 0 saturated carbocycles. The third-order valence-corrected chi connectivity index (χ3v) is 5.95. The van der Waals surface area contributed by atoms with Crippen molar-refractivity contribution in [1.29, 1.82) is 0 Å². The zero-order valence-electron chi connectivity index (χ0n) is 18.3. The van der Waals surface area contributed by atoms with E-state index >= 15 is 0 Å². The minimum absolute atomic E-state index is 0.0551. The van der Waals surface area contributed by atoms with Crippen molar-refractivity contribution in [2.45, 2.75) is 0 Å². The Bertz CT molecular complexity index is 1420. The van der Waals surface area contributed by atoms with Gasteiger partial charge in [0.25, 0.3) is 11.8 Å². The van der Waals surface area contributed by atoms with Crippen LogP contribution in [0.3, 0.4) is 0 Å². The molecule has 0 aliphatic heterocycles. The maximum Gasteiger partial charge on any atom is 0.265 e. The lowest BCUT2D eigenvalue weighted by molar-refractivity contribution is 0.102. The molecular formula is C26H20FN5O2S. The summed E-state index contributed by atoms with van der Waals surface area (Å²) < 4.78 is 14.2. The molecule has 0 radical (unpaired) electrons. The lowest BCUT2D eigenvalue weighted by Gasteiger charge is -2.10. The molecule has 9 heteroatoms. The van der Waals surface area contributed by atoms with E-state index in [9.17, 15) is 14.0 Å². The fourth-order valence-electron chi connectivity index (χ4n) is 3.24. The molecule has 4 N–H and O–H groups in total. The molecule has 0 bridgehead atoms. The van der Waals surface area contributed by atoms with E-state index in [1.807, 2.05) is 54.6 Å². The first-order chi connectivity index (χ1) is 17.0. The van der Waals surface area contributed by atoms with Crippen molar-refractivity contribution in [3.8, 4) is 11.1 Å². The van der Waals surface area contributed by atoms with E-state index in [0.717, 1.165) is 41.2 Å². The summed E-state index contributed by atoms with van der Waals surface area (Å²) >= 11 is 1.04. The topological polar surface area (TPSA) is 109 Å². The van der Waals surface area contributed by atoms with Gasteiger partial charge in [0, 0.05) is 16.9 Å². The zero-order chi connectivity index (χ0) is 24.6. The van der Waals surface area contributed by atoms with Crippen molar-refractivity contribution in [2.75, 3.05) is 10.6 Å². The normalized spacial score (nSPS) is 11.1. The largest absolute Gasteiger partial charge is 0.390 e. The number of halogens is 1. The number of nitrogens with two attached hydrogens (primary N) is 1. The molecule has 2 amide bonds. The third kappa shape index (κ3) is 5.84. The van der Waals surface area contributed by atoms with Crippen LogP contribution < -0.4 is 16.4 Å². The second kappa shape index (κ2) is 11.0. The number of carbonyl (C=O) groups excluding carboxylic acids is 2. The summed E-state index contributed by atoms with van der Waals surface area (Å²) in [4.78, 5) is 33.6. The molecule has 0 saturated heterocycles. The molecule has 0 aliphatic carbocycles. The van der Waals surface area contributed by atoms with Crippen molar-refractivity contribution in [1.82, 2.24) is 0 Å². The summed E-state index contributed by atoms with van der Waals surface area (Å²) in [5.74, 6) is -1.41. The fourth-order valence-corrected chi connectivity index (χ4v) is 4.04. The van der Waals surface area contributed by atoms with Gasteiger partial charge in [-0.05, 0) is 42.0 Å². The molecule has 0 unspecified atom stereocenters.